The summed E-state index contributed by atoms with van der Waals surface area (Å²) in [6.07, 6.45) is 3.14. The molecular formula is C32H30ClN5O2S. The van der Waals surface area contributed by atoms with Gasteiger partial charge in [0.2, 0.25) is 5.91 Å². The molecule has 0 radical (unpaired) electrons. The minimum Gasteiger partial charge on any atom is -0.390 e. The van der Waals surface area contributed by atoms with Gasteiger partial charge in [0.05, 0.1) is 17.9 Å². The van der Waals surface area contributed by atoms with Gasteiger partial charge >= 0.3 is 0 Å². The van der Waals surface area contributed by atoms with Crippen LogP contribution in [0.25, 0.3) is 5.00 Å². The van der Waals surface area contributed by atoms with Crippen LogP contribution in [0, 0.1) is 12.8 Å². The Morgan fingerprint density at radius 3 is 2.68 bits per heavy atom. The number of benzene rings is 2. The van der Waals surface area contributed by atoms with Crippen LogP contribution in [0.5, 0.6) is 0 Å². The minimum absolute atomic E-state index is 0.107. The Hall–Kier alpha value is -3.33. The number of nitrogens with zero attached hydrogens (tertiary/aromatic N) is 5. The summed E-state index contributed by atoms with van der Waals surface area (Å²) in [6, 6.07) is 15.7. The van der Waals surface area contributed by atoms with Crippen LogP contribution in [-0.4, -0.2) is 49.0 Å². The number of aliphatic imine (C=N–C) groups is 1. The summed E-state index contributed by atoms with van der Waals surface area (Å²) in [7, 11) is 0. The molecule has 3 heterocycles. The summed E-state index contributed by atoms with van der Waals surface area (Å²) in [5, 5.41) is 21.8. The average molecular weight is 584 g/mol. The number of amides is 1. The van der Waals surface area contributed by atoms with Crippen molar-refractivity contribution in [1.29, 1.82) is 0 Å². The standard InChI is InChI=1S/C32H30ClN5O2S/c1-3-37(28-20-9-5-4-8-18(20)15-24(28)39)29(40)19-14-22-25(16-19)41-30-26(22)27(21-10-6-7-11-23(21)33)34-32(12-13-32)31-36-35-17(2)38(30)31/h4-11,19,24,28,39H,3,12-16H2,1-2H3/t19-,24+,28+/m0/s1. The van der Waals surface area contributed by atoms with Gasteiger partial charge in [0, 0.05) is 39.9 Å². The molecule has 41 heavy (non-hydrogen) atoms. The van der Waals surface area contributed by atoms with Crippen molar-refractivity contribution < 1.29 is 9.90 Å². The van der Waals surface area contributed by atoms with Crippen LogP contribution in [0.3, 0.4) is 0 Å². The fourth-order valence-electron chi connectivity index (χ4n) is 7.18. The number of aliphatic hydroxyl groups excluding tert-OH is 1. The maximum Gasteiger partial charge on any atom is 0.226 e. The summed E-state index contributed by atoms with van der Waals surface area (Å²) in [6.45, 7) is 4.56. The third-order valence-electron chi connectivity index (χ3n) is 9.29. The molecule has 0 unspecified atom stereocenters. The van der Waals surface area contributed by atoms with E-state index < -0.39 is 6.10 Å². The smallest absolute Gasteiger partial charge is 0.226 e. The summed E-state index contributed by atoms with van der Waals surface area (Å²) in [4.78, 5) is 22.7. The molecule has 8 rings (SSSR count). The van der Waals surface area contributed by atoms with Crippen LogP contribution in [0.1, 0.15) is 70.2 Å². The van der Waals surface area contributed by atoms with Gasteiger partial charge in [0.25, 0.3) is 0 Å². The predicted molar refractivity (Wildman–Crippen MR) is 159 cm³/mol. The zero-order chi connectivity index (χ0) is 28.0. The fraction of sp³-hybridized carbons (Fsp3) is 0.375. The van der Waals surface area contributed by atoms with Gasteiger partial charge in [-0.15, -0.1) is 21.5 Å². The molecule has 3 atom stereocenters. The van der Waals surface area contributed by atoms with Crippen molar-refractivity contribution >= 4 is 34.6 Å². The van der Waals surface area contributed by atoms with Crippen molar-refractivity contribution in [1.82, 2.24) is 19.7 Å². The van der Waals surface area contributed by atoms with E-state index in [4.69, 9.17) is 16.6 Å². The van der Waals surface area contributed by atoms with E-state index in [1.807, 2.05) is 55.1 Å². The highest BCUT2D eigenvalue weighted by Gasteiger charge is 2.52. The Morgan fingerprint density at radius 2 is 1.90 bits per heavy atom. The Labute approximate surface area is 247 Å². The third kappa shape index (κ3) is 3.66. The molecule has 0 saturated heterocycles. The molecule has 4 aliphatic rings. The molecule has 1 spiro atoms. The molecule has 7 nitrogen and oxygen atoms in total. The van der Waals surface area contributed by atoms with Crippen molar-refractivity contribution in [2.45, 2.75) is 63.6 Å². The summed E-state index contributed by atoms with van der Waals surface area (Å²) in [5.74, 6) is 1.67. The van der Waals surface area contributed by atoms with E-state index in [1.54, 1.807) is 11.3 Å². The SMILES string of the molecule is CCN(C(=O)[C@@H]1Cc2sc3c(c2C1)C(c1ccccc1Cl)=NC1(CC1)c1nnc(C)n1-3)[C@@H]1c2ccccc2C[C@H]1O. The van der Waals surface area contributed by atoms with Crippen molar-refractivity contribution in [2.24, 2.45) is 10.9 Å². The Kier molecular flexibility index (Phi) is 5.62. The largest absolute Gasteiger partial charge is 0.390 e. The second-order valence-corrected chi connectivity index (χ2v) is 13.2. The number of hydrogen-bond donors (Lipinski definition) is 1. The molecule has 3 aliphatic carbocycles. The van der Waals surface area contributed by atoms with E-state index in [0.29, 0.717) is 30.8 Å². The van der Waals surface area contributed by atoms with E-state index >= 15 is 0 Å². The van der Waals surface area contributed by atoms with Crippen LogP contribution in [-0.2, 0) is 29.6 Å². The first-order valence-electron chi connectivity index (χ1n) is 14.4. The second-order valence-electron chi connectivity index (χ2n) is 11.7. The predicted octanol–water partition coefficient (Wildman–Crippen LogP) is 5.35. The topological polar surface area (TPSA) is 83.6 Å². The molecule has 1 aliphatic heterocycles. The highest BCUT2D eigenvalue weighted by molar-refractivity contribution is 7.15. The van der Waals surface area contributed by atoms with Crippen LogP contribution in [0.4, 0.5) is 0 Å². The number of likely N-dealkylation sites (N-methyl/N-ethyl adjacent to an activating group) is 1. The lowest BCUT2D eigenvalue weighted by molar-refractivity contribution is -0.139. The minimum atomic E-state index is -0.591. The van der Waals surface area contributed by atoms with E-state index in [9.17, 15) is 9.90 Å². The monoisotopic (exact) mass is 583 g/mol. The molecule has 2 aromatic carbocycles. The second kappa shape index (κ2) is 9.08. The maximum atomic E-state index is 14.2. The number of aromatic nitrogens is 3. The van der Waals surface area contributed by atoms with Gasteiger partial charge in [0.1, 0.15) is 16.4 Å². The number of aryl methyl sites for hydroxylation is 1. The highest BCUT2D eigenvalue weighted by Crippen LogP contribution is 2.54. The number of aliphatic hydroxyl groups is 1. The molecule has 1 N–H and O–H groups in total. The van der Waals surface area contributed by atoms with Gasteiger partial charge in [0.15, 0.2) is 5.82 Å². The fourth-order valence-corrected chi connectivity index (χ4v) is 8.86. The molecule has 208 valence electrons. The van der Waals surface area contributed by atoms with Gasteiger partial charge in [-0.05, 0) is 62.3 Å². The molecular weight excluding hydrogens is 554 g/mol. The van der Waals surface area contributed by atoms with Gasteiger partial charge in [-0.3, -0.25) is 14.4 Å². The van der Waals surface area contributed by atoms with Crippen LogP contribution < -0.4 is 0 Å². The Morgan fingerprint density at radius 1 is 1.12 bits per heavy atom. The molecule has 9 heteroatoms. The zero-order valence-corrected chi connectivity index (χ0v) is 24.5. The van der Waals surface area contributed by atoms with Crippen LogP contribution in [0.2, 0.25) is 5.02 Å². The molecule has 1 saturated carbocycles. The number of carbonyl (C=O) groups excluding carboxylic acids is 1. The first-order chi connectivity index (χ1) is 19.9. The number of fused-ring (bicyclic) bond motifs is 7. The summed E-state index contributed by atoms with van der Waals surface area (Å²) < 4.78 is 2.19. The lowest BCUT2D eigenvalue weighted by Crippen LogP contribution is -2.42. The van der Waals surface area contributed by atoms with Crippen molar-refractivity contribution in [2.75, 3.05) is 6.54 Å². The number of hydrogen-bond acceptors (Lipinski definition) is 6. The van der Waals surface area contributed by atoms with Crippen molar-refractivity contribution in [3.05, 3.63) is 97.9 Å². The Bertz CT molecular complexity index is 1770. The summed E-state index contributed by atoms with van der Waals surface area (Å²) in [5.41, 5.74) is 5.86. The molecule has 2 aromatic heterocycles. The first-order valence-corrected chi connectivity index (χ1v) is 15.6. The average Bonchev–Trinajstić information content (AvgIpc) is 3.22. The quantitative estimate of drug-likeness (QED) is 0.351. The van der Waals surface area contributed by atoms with E-state index in [1.165, 1.54) is 10.4 Å². The first kappa shape index (κ1) is 25.4. The number of thiophene rings is 1. The van der Waals surface area contributed by atoms with Crippen molar-refractivity contribution in [3.8, 4) is 5.00 Å². The molecule has 0 bridgehead atoms. The van der Waals surface area contributed by atoms with Gasteiger partial charge in [-0.25, -0.2) is 0 Å². The zero-order valence-electron chi connectivity index (χ0n) is 23.0. The van der Waals surface area contributed by atoms with Gasteiger partial charge in [-0.2, -0.15) is 0 Å². The van der Waals surface area contributed by atoms with Crippen LogP contribution >= 0.6 is 22.9 Å². The van der Waals surface area contributed by atoms with E-state index in [2.05, 4.69) is 26.9 Å². The maximum absolute atomic E-state index is 14.2. The number of halogens is 1. The van der Waals surface area contributed by atoms with Gasteiger partial charge in [-0.1, -0.05) is 54.1 Å². The Balaban J connectivity index is 1.21. The van der Waals surface area contributed by atoms with Crippen LogP contribution in [0.15, 0.2) is 53.5 Å². The lowest BCUT2D eigenvalue weighted by Gasteiger charge is -2.33. The lowest BCUT2D eigenvalue weighted by atomic mass is 9.96. The number of rotatable bonds is 4. The third-order valence-corrected chi connectivity index (χ3v) is 10.9. The molecule has 4 aromatic rings. The highest BCUT2D eigenvalue weighted by atomic mass is 35.5. The summed E-state index contributed by atoms with van der Waals surface area (Å²) >= 11 is 8.53. The number of carbonyl (C=O) groups is 1. The molecule has 1 amide bonds. The van der Waals surface area contributed by atoms with E-state index in [-0.39, 0.29) is 23.4 Å². The normalized spacial score (nSPS) is 22.9. The van der Waals surface area contributed by atoms with Gasteiger partial charge < -0.3 is 10.0 Å². The van der Waals surface area contributed by atoms with E-state index in [0.717, 1.165) is 57.5 Å². The molecule has 1 fully saturated rings. The van der Waals surface area contributed by atoms with Crippen molar-refractivity contribution in [3.63, 3.8) is 0 Å².